The van der Waals surface area contributed by atoms with Gasteiger partial charge in [-0.1, -0.05) is 30.3 Å². The standard InChI is InChI=1S/C17H20N4/c1-12-6-5-7-14(13(12)2)16(20-18)10-21-11-19-15-8-3-4-9-17(15)21/h3-9,11,16,20H,10,18H2,1-2H3. The molecule has 0 aliphatic rings. The molecule has 0 radical (unpaired) electrons. The molecule has 0 bridgehead atoms. The van der Waals surface area contributed by atoms with E-state index in [-0.39, 0.29) is 6.04 Å². The number of benzene rings is 2. The van der Waals surface area contributed by atoms with Gasteiger partial charge in [0.05, 0.1) is 23.4 Å². The van der Waals surface area contributed by atoms with Crippen LogP contribution in [0.3, 0.4) is 0 Å². The Balaban J connectivity index is 1.96. The summed E-state index contributed by atoms with van der Waals surface area (Å²) in [4.78, 5) is 4.43. The Morgan fingerprint density at radius 3 is 2.76 bits per heavy atom. The number of imidazole rings is 1. The monoisotopic (exact) mass is 280 g/mol. The molecule has 1 aromatic heterocycles. The highest BCUT2D eigenvalue weighted by Gasteiger charge is 2.15. The summed E-state index contributed by atoms with van der Waals surface area (Å²) in [5, 5.41) is 0. The van der Waals surface area contributed by atoms with Crippen LogP contribution in [-0.2, 0) is 6.54 Å². The Bertz CT molecular complexity index is 760. The van der Waals surface area contributed by atoms with Crippen molar-refractivity contribution in [1.82, 2.24) is 15.0 Å². The van der Waals surface area contributed by atoms with E-state index >= 15 is 0 Å². The van der Waals surface area contributed by atoms with E-state index in [1.807, 2.05) is 24.5 Å². The number of hydrogen-bond acceptors (Lipinski definition) is 3. The molecular weight excluding hydrogens is 260 g/mol. The number of aryl methyl sites for hydroxylation is 1. The molecule has 1 atom stereocenters. The summed E-state index contributed by atoms with van der Waals surface area (Å²) in [6, 6.07) is 14.5. The summed E-state index contributed by atoms with van der Waals surface area (Å²) in [5.74, 6) is 5.80. The van der Waals surface area contributed by atoms with Gasteiger partial charge >= 0.3 is 0 Å². The van der Waals surface area contributed by atoms with Gasteiger partial charge < -0.3 is 4.57 Å². The normalized spacial score (nSPS) is 12.7. The largest absolute Gasteiger partial charge is 0.329 e. The Labute approximate surface area is 124 Å². The number of para-hydroxylation sites is 2. The quantitative estimate of drug-likeness (QED) is 0.571. The first-order valence-electron chi connectivity index (χ1n) is 7.13. The average molecular weight is 280 g/mol. The van der Waals surface area contributed by atoms with Gasteiger partial charge in [0.15, 0.2) is 0 Å². The third kappa shape index (κ3) is 2.55. The van der Waals surface area contributed by atoms with E-state index in [0.717, 1.165) is 17.6 Å². The van der Waals surface area contributed by atoms with Gasteiger partial charge in [-0.05, 0) is 42.7 Å². The van der Waals surface area contributed by atoms with Crippen LogP contribution in [0.5, 0.6) is 0 Å². The third-order valence-corrected chi connectivity index (χ3v) is 4.13. The number of hydrazine groups is 1. The zero-order valence-electron chi connectivity index (χ0n) is 12.4. The Morgan fingerprint density at radius 1 is 1.14 bits per heavy atom. The fourth-order valence-corrected chi connectivity index (χ4v) is 2.74. The second kappa shape index (κ2) is 5.68. The molecule has 21 heavy (non-hydrogen) atoms. The van der Waals surface area contributed by atoms with Crippen molar-refractivity contribution in [2.45, 2.75) is 26.4 Å². The lowest BCUT2D eigenvalue weighted by Gasteiger charge is -2.20. The Morgan fingerprint density at radius 2 is 1.95 bits per heavy atom. The first-order chi connectivity index (χ1) is 10.2. The number of nitrogens with zero attached hydrogens (tertiary/aromatic N) is 2. The van der Waals surface area contributed by atoms with Gasteiger partial charge in [-0.2, -0.15) is 0 Å². The molecule has 0 aliphatic carbocycles. The lowest BCUT2D eigenvalue weighted by Crippen LogP contribution is -2.31. The summed E-state index contributed by atoms with van der Waals surface area (Å²) >= 11 is 0. The lowest BCUT2D eigenvalue weighted by molar-refractivity contribution is 0.479. The van der Waals surface area contributed by atoms with Crippen LogP contribution in [0.2, 0.25) is 0 Å². The number of nitrogens with one attached hydrogen (secondary N) is 1. The van der Waals surface area contributed by atoms with Gasteiger partial charge in [-0.15, -0.1) is 0 Å². The first kappa shape index (κ1) is 13.8. The summed E-state index contributed by atoms with van der Waals surface area (Å²) in [7, 11) is 0. The molecule has 2 aromatic carbocycles. The molecule has 3 N–H and O–H groups in total. The second-order valence-corrected chi connectivity index (χ2v) is 5.39. The fraction of sp³-hybridized carbons (Fsp3) is 0.235. The molecule has 1 unspecified atom stereocenters. The molecule has 0 fully saturated rings. The molecule has 0 saturated carbocycles. The predicted octanol–water partition coefficient (Wildman–Crippen LogP) is 2.86. The predicted molar refractivity (Wildman–Crippen MR) is 85.7 cm³/mol. The molecule has 1 heterocycles. The minimum atomic E-state index is 0.0579. The second-order valence-electron chi connectivity index (χ2n) is 5.39. The van der Waals surface area contributed by atoms with Crippen LogP contribution in [0, 0.1) is 13.8 Å². The lowest BCUT2D eigenvalue weighted by atomic mass is 9.97. The zero-order chi connectivity index (χ0) is 14.8. The van der Waals surface area contributed by atoms with E-state index in [1.165, 1.54) is 16.7 Å². The smallest absolute Gasteiger partial charge is 0.0958 e. The van der Waals surface area contributed by atoms with Crippen molar-refractivity contribution >= 4 is 11.0 Å². The van der Waals surface area contributed by atoms with Gasteiger partial charge in [-0.25, -0.2) is 4.98 Å². The van der Waals surface area contributed by atoms with Crippen LogP contribution in [-0.4, -0.2) is 9.55 Å². The molecule has 3 rings (SSSR count). The van der Waals surface area contributed by atoms with Gasteiger partial charge in [0, 0.05) is 6.54 Å². The van der Waals surface area contributed by atoms with Crippen molar-refractivity contribution < 1.29 is 0 Å². The van der Waals surface area contributed by atoms with E-state index in [4.69, 9.17) is 5.84 Å². The number of fused-ring (bicyclic) bond motifs is 1. The zero-order valence-corrected chi connectivity index (χ0v) is 12.4. The highest BCUT2D eigenvalue weighted by molar-refractivity contribution is 5.74. The van der Waals surface area contributed by atoms with Gasteiger partial charge in [0.25, 0.3) is 0 Å². The van der Waals surface area contributed by atoms with Crippen LogP contribution < -0.4 is 11.3 Å². The van der Waals surface area contributed by atoms with E-state index in [1.54, 1.807) is 0 Å². The van der Waals surface area contributed by atoms with Crippen LogP contribution in [0.15, 0.2) is 48.8 Å². The molecule has 108 valence electrons. The molecule has 0 aliphatic heterocycles. The maximum absolute atomic E-state index is 5.80. The molecule has 0 saturated heterocycles. The van der Waals surface area contributed by atoms with E-state index in [2.05, 4.69) is 53.1 Å². The maximum atomic E-state index is 5.80. The average Bonchev–Trinajstić information content (AvgIpc) is 2.91. The van der Waals surface area contributed by atoms with Crippen molar-refractivity contribution in [3.63, 3.8) is 0 Å². The minimum Gasteiger partial charge on any atom is -0.329 e. The molecular formula is C17H20N4. The number of aromatic nitrogens is 2. The molecule has 0 spiro atoms. The summed E-state index contributed by atoms with van der Waals surface area (Å²) in [6.07, 6.45) is 1.88. The molecule has 4 heteroatoms. The van der Waals surface area contributed by atoms with E-state index in [9.17, 15) is 0 Å². The van der Waals surface area contributed by atoms with E-state index < -0.39 is 0 Å². The van der Waals surface area contributed by atoms with Crippen molar-refractivity contribution in [2.24, 2.45) is 5.84 Å². The van der Waals surface area contributed by atoms with Crippen molar-refractivity contribution in [3.05, 3.63) is 65.5 Å². The highest BCUT2D eigenvalue weighted by Crippen LogP contribution is 2.23. The van der Waals surface area contributed by atoms with Crippen molar-refractivity contribution in [1.29, 1.82) is 0 Å². The van der Waals surface area contributed by atoms with E-state index in [0.29, 0.717) is 0 Å². The third-order valence-electron chi connectivity index (χ3n) is 4.13. The number of nitrogens with two attached hydrogens (primary N) is 1. The summed E-state index contributed by atoms with van der Waals surface area (Å²) < 4.78 is 2.14. The van der Waals surface area contributed by atoms with Crippen LogP contribution in [0.1, 0.15) is 22.7 Å². The minimum absolute atomic E-state index is 0.0579. The Hall–Kier alpha value is -2.17. The topological polar surface area (TPSA) is 55.9 Å². The first-order valence-corrected chi connectivity index (χ1v) is 7.13. The van der Waals surface area contributed by atoms with Gasteiger partial charge in [0.1, 0.15) is 0 Å². The summed E-state index contributed by atoms with van der Waals surface area (Å²) in [5.41, 5.74) is 8.87. The van der Waals surface area contributed by atoms with Crippen LogP contribution in [0.4, 0.5) is 0 Å². The maximum Gasteiger partial charge on any atom is 0.0958 e. The Kier molecular flexibility index (Phi) is 3.73. The van der Waals surface area contributed by atoms with Crippen LogP contribution >= 0.6 is 0 Å². The SMILES string of the molecule is Cc1cccc(C(Cn2cnc3ccccc32)NN)c1C. The molecule has 0 amide bonds. The van der Waals surface area contributed by atoms with Gasteiger partial charge in [-0.3, -0.25) is 11.3 Å². The summed E-state index contributed by atoms with van der Waals surface area (Å²) in [6.45, 7) is 5.02. The number of hydrogen-bond donors (Lipinski definition) is 2. The van der Waals surface area contributed by atoms with Crippen LogP contribution in [0.25, 0.3) is 11.0 Å². The van der Waals surface area contributed by atoms with Gasteiger partial charge in [0.2, 0.25) is 0 Å². The number of rotatable bonds is 4. The van der Waals surface area contributed by atoms with Crippen molar-refractivity contribution in [2.75, 3.05) is 0 Å². The van der Waals surface area contributed by atoms with Crippen molar-refractivity contribution in [3.8, 4) is 0 Å². The highest BCUT2D eigenvalue weighted by atomic mass is 15.2. The fourth-order valence-electron chi connectivity index (χ4n) is 2.74. The molecule has 3 aromatic rings. The molecule has 4 nitrogen and oxygen atoms in total.